The summed E-state index contributed by atoms with van der Waals surface area (Å²) in [5.41, 5.74) is -5.11. The number of amides is 3. The zero-order chi connectivity index (χ0) is 34.6. The first kappa shape index (κ1) is 33.0. The summed E-state index contributed by atoms with van der Waals surface area (Å²) in [5.74, 6) is -3.91. The largest absolute Gasteiger partial charge is 0.501 e. The number of para-hydroxylation sites is 1. The van der Waals surface area contributed by atoms with Crippen molar-refractivity contribution in [3.05, 3.63) is 102 Å². The Bertz CT molecular complexity index is 2200. The van der Waals surface area contributed by atoms with E-state index in [-0.39, 0.29) is 5.56 Å². The van der Waals surface area contributed by atoms with Gasteiger partial charge in [0.2, 0.25) is 6.04 Å². The number of hydrogen-bond acceptors (Lipinski definition) is 8. The number of thiophene rings is 1. The van der Waals surface area contributed by atoms with Crippen LogP contribution in [0.3, 0.4) is 0 Å². The predicted octanol–water partition coefficient (Wildman–Crippen LogP) is 6.86. The van der Waals surface area contributed by atoms with Gasteiger partial charge >= 0.3 is 29.6 Å². The number of aromatic nitrogens is 1. The Kier molecular flexibility index (Phi) is 8.04. The Hall–Kier alpha value is -4.87. The number of quaternary nitrogens is 1. The van der Waals surface area contributed by atoms with Crippen molar-refractivity contribution in [1.29, 1.82) is 0 Å². The van der Waals surface area contributed by atoms with Gasteiger partial charge in [0.1, 0.15) is 0 Å². The third kappa shape index (κ3) is 5.56. The number of carbonyl (C=O) groups excluding carboxylic acids is 3. The first-order valence-corrected chi connectivity index (χ1v) is 16.2. The van der Waals surface area contributed by atoms with Crippen LogP contribution < -0.4 is 4.90 Å². The van der Waals surface area contributed by atoms with E-state index in [1.807, 2.05) is 0 Å². The minimum atomic E-state index is -5.82. The highest BCUT2D eigenvalue weighted by Crippen LogP contribution is 2.41. The highest BCUT2D eigenvalue weighted by Gasteiger charge is 2.67. The van der Waals surface area contributed by atoms with Crippen molar-refractivity contribution in [3.8, 4) is 0 Å². The van der Waals surface area contributed by atoms with Crippen molar-refractivity contribution in [2.75, 3.05) is 4.90 Å². The molecule has 2 unspecified atom stereocenters. The molecule has 0 radical (unpaired) electrons. The van der Waals surface area contributed by atoms with Gasteiger partial charge < -0.3 is 0 Å². The first-order valence-electron chi connectivity index (χ1n) is 13.8. The van der Waals surface area contributed by atoms with Crippen LogP contribution in [0.25, 0.3) is 21.0 Å². The van der Waals surface area contributed by atoms with E-state index in [2.05, 4.69) is 4.98 Å². The van der Waals surface area contributed by atoms with E-state index in [0.29, 0.717) is 38.9 Å². The predicted molar refractivity (Wildman–Crippen MR) is 160 cm³/mol. The summed E-state index contributed by atoms with van der Waals surface area (Å²) in [6, 6.07) is 13.9. The quantitative estimate of drug-likeness (QED) is 0.103. The van der Waals surface area contributed by atoms with Crippen LogP contribution in [-0.4, -0.2) is 53.7 Å². The number of fused-ring (bicyclic) bond motifs is 2. The third-order valence-corrected chi connectivity index (χ3v) is 10.3. The van der Waals surface area contributed by atoms with E-state index in [1.54, 1.807) is 53.9 Å². The number of anilines is 1. The number of alkyl halides is 6. The van der Waals surface area contributed by atoms with E-state index < -0.39 is 73.7 Å². The number of nitrogens with zero attached hydrogens (tertiary/aromatic N) is 3. The molecular weight excluding hydrogens is 688 g/mol. The number of imide groups is 1. The molecule has 1 aliphatic heterocycles. The smallest absolute Gasteiger partial charge is 0.267 e. The van der Waals surface area contributed by atoms with E-state index in [0.717, 1.165) is 16.8 Å². The number of urea groups is 1. The van der Waals surface area contributed by atoms with Crippen LogP contribution in [0, 0.1) is 0 Å². The maximum Gasteiger partial charge on any atom is 0.501 e. The second-order valence-corrected chi connectivity index (χ2v) is 13.5. The van der Waals surface area contributed by atoms with Gasteiger partial charge in [-0.3, -0.25) is 14.6 Å². The van der Waals surface area contributed by atoms with Crippen LogP contribution in [0.15, 0.2) is 95.3 Å². The molecule has 248 valence electrons. The minimum absolute atomic E-state index is 0.186. The molecule has 3 aromatic carbocycles. The van der Waals surface area contributed by atoms with Crippen molar-refractivity contribution in [1.82, 2.24) is 4.98 Å². The standard InChI is InChI=1S/C31H20F6N3O6S2/c32-30(33,34)28(42)46-40(16-18-13-14-38-24-7-3-1-5-22(18)24)25(15-19-17-47-26-8-4-2-6-23(19)26)27(41)39(29(40)43)20-9-11-21(12-10-20)48(44,45)31(35,36)37/h1-14,17,25H,15-16H2/q+1. The Labute approximate surface area is 271 Å². The molecule has 0 saturated carbocycles. The molecule has 2 atom stereocenters. The molecule has 0 aliphatic carbocycles. The number of hydroxylamine groups is 3. The second-order valence-electron chi connectivity index (χ2n) is 10.7. The number of sulfone groups is 1. The van der Waals surface area contributed by atoms with Gasteiger partial charge in [-0.15, -0.1) is 11.3 Å². The lowest BCUT2D eigenvalue weighted by Gasteiger charge is -2.31. The van der Waals surface area contributed by atoms with Gasteiger partial charge in [-0.2, -0.15) is 31.2 Å². The summed E-state index contributed by atoms with van der Waals surface area (Å²) in [6.45, 7) is -0.779. The Morgan fingerprint density at radius 3 is 2.19 bits per heavy atom. The number of hydrogen-bond donors (Lipinski definition) is 0. The van der Waals surface area contributed by atoms with Crippen molar-refractivity contribution in [2.24, 2.45) is 0 Å². The molecule has 1 fully saturated rings. The Morgan fingerprint density at radius 2 is 1.52 bits per heavy atom. The van der Waals surface area contributed by atoms with Gasteiger partial charge in [0.25, 0.3) is 9.84 Å². The van der Waals surface area contributed by atoms with Crippen molar-refractivity contribution >= 4 is 65.8 Å². The van der Waals surface area contributed by atoms with Crippen LogP contribution in [0.4, 0.5) is 36.8 Å². The molecule has 0 N–H and O–H groups in total. The highest BCUT2D eigenvalue weighted by atomic mass is 32.2. The molecule has 17 heteroatoms. The molecule has 0 bridgehead atoms. The number of carbonyl (C=O) groups is 3. The normalized spacial score (nSPS) is 19.0. The zero-order valence-corrected chi connectivity index (χ0v) is 25.7. The molecule has 1 saturated heterocycles. The van der Waals surface area contributed by atoms with Crippen molar-refractivity contribution in [3.63, 3.8) is 0 Å². The molecule has 6 rings (SSSR count). The average molecular weight is 709 g/mol. The van der Waals surface area contributed by atoms with Gasteiger partial charge in [0.05, 0.1) is 16.1 Å². The maximum absolute atomic E-state index is 14.4. The lowest BCUT2D eigenvalue weighted by atomic mass is 10.0. The van der Waals surface area contributed by atoms with Crippen LogP contribution >= 0.6 is 11.3 Å². The summed E-state index contributed by atoms with van der Waals surface area (Å²) in [7, 11) is -5.82. The molecule has 1 aliphatic rings. The van der Waals surface area contributed by atoms with Crippen molar-refractivity contribution in [2.45, 2.75) is 35.6 Å². The molecular formula is C31H20F6N3O6S2+. The summed E-state index contributed by atoms with van der Waals surface area (Å²) < 4.78 is 104. The monoisotopic (exact) mass is 708 g/mol. The van der Waals surface area contributed by atoms with Gasteiger partial charge in [-0.25, -0.2) is 18.0 Å². The maximum atomic E-state index is 14.4. The summed E-state index contributed by atoms with van der Waals surface area (Å²) in [5, 5.41) is 2.64. The van der Waals surface area contributed by atoms with Gasteiger partial charge in [-0.1, -0.05) is 36.4 Å². The van der Waals surface area contributed by atoms with E-state index >= 15 is 0 Å². The minimum Gasteiger partial charge on any atom is -0.267 e. The highest BCUT2D eigenvalue weighted by molar-refractivity contribution is 7.92. The zero-order valence-electron chi connectivity index (χ0n) is 24.0. The topological polar surface area (TPSA) is 111 Å². The summed E-state index contributed by atoms with van der Waals surface area (Å²) >= 11 is 1.26. The number of rotatable bonds is 7. The van der Waals surface area contributed by atoms with Crippen LogP contribution in [0.5, 0.6) is 0 Å². The number of pyridine rings is 1. The molecule has 48 heavy (non-hydrogen) atoms. The first-order chi connectivity index (χ1) is 22.5. The third-order valence-electron chi connectivity index (χ3n) is 7.83. The van der Waals surface area contributed by atoms with E-state index in [9.17, 15) is 49.1 Å². The van der Waals surface area contributed by atoms with Crippen molar-refractivity contribution < 1.29 is 58.6 Å². The van der Waals surface area contributed by atoms with Crippen LogP contribution in [0.2, 0.25) is 0 Å². The van der Waals surface area contributed by atoms with E-state index in [4.69, 9.17) is 4.84 Å². The number of benzene rings is 3. The number of halogens is 6. The molecule has 3 amide bonds. The molecule has 5 aromatic rings. The SMILES string of the molecule is O=C1C(Cc2csc3ccccc23)[N+](Cc2ccnc3ccccc23)(OC(=O)C(F)(F)F)C(=O)N1c1ccc(S(=O)(=O)C(F)(F)F)cc1. The van der Waals surface area contributed by atoms with Gasteiger partial charge in [0.15, 0.2) is 6.54 Å². The van der Waals surface area contributed by atoms with Gasteiger partial charge in [-0.05, 0) is 63.4 Å². The van der Waals surface area contributed by atoms with Crippen LogP contribution in [0.1, 0.15) is 11.1 Å². The fourth-order valence-corrected chi connectivity index (χ4v) is 7.30. The molecule has 2 aromatic heterocycles. The lowest BCUT2D eigenvalue weighted by Crippen LogP contribution is -2.58. The molecule has 0 spiro atoms. The van der Waals surface area contributed by atoms with Crippen LogP contribution in [-0.2, 0) is 37.2 Å². The molecule has 3 heterocycles. The summed E-state index contributed by atoms with van der Waals surface area (Å²) in [6.07, 6.45) is -4.68. The average Bonchev–Trinajstić information content (AvgIpc) is 3.53. The second kappa shape index (κ2) is 11.7. The lowest BCUT2D eigenvalue weighted by molar-refractivity contribution is -1.04. The Morgan fingerprint density at radius 1 is 0.875 bits per heavy atom. The molecule has 9 nitrogen and oxygen atoms in total. The van der Waals surface area contributed by atoms with Gasteiger partial charge in [0, 0.05) is 28.3 Å². The fourth-order valence-electron chi connectivity index (χ4n) is 5.56. The van der Waals surface area contributed by atoms with E-state index in [1.165, 1.54) is 23.6 Å². The Balaban J connectivity index is 1.54. The summed E-state index contributed by atoms with van der Waals surface area (Å²) in [4.78, 5) is 49.6. The fraction of sp³-hybridized carbons (Fsp3) is 0.161.